The number of rotatable bonds is 5. The van der Waals surface area contributed by atoms with E-state index in [2.05, 4.69) is 40.0 Å². The van der Waals surface area contributed by atoms with Crippen molar-refractivity contribution in [2.45, 2.75) is 58.7 Å². The molecule has 0 bridgehead atoms. The summed E-state index contributed by atoms with van der Waals surface area (Å²) in [6.45, 7) is 7.19. The van der Waals surface area contributed by atoms with Crippen molar-refractivity contribution in [1.82, 2.24) is 20.1 Å². The maximum atomic E-state index is 5.12. The predicted octanol–water partition coefficient (Wildman–Crippen LogP) is 2.32. The SMILES string of the molecule is COCc1nc2n(n1)C[C@H](NC[C@H]1C(C)=CCC[C@@H]1C)CC2. The van der Waals surface area contributed by atoms with Gasteiger partial charge in [-0.2, -0.15) is 5.10 Å². The summed E-state index contributed by atoms with van der Waals surface area (Å²) in [5, 5.41) is 8.32. The highest BCUT2D eigenvalue weighted by atomic mass is 16.5. The van der Waals surface area contributed by atoms with Gasteiger partial charge < -0.3 is 10.1 Å². The summed E-state index contributed by atoms with van der Waals surface area (Å²) < 4.78 is 7.18. The van der Waals surface area contributed by atoms with Gasteiger partial charge in [-0.3, -0.25) is 0 Å². The molecule has 3 atom stereocenters. The molecule has 1 aliphatic heterocycles. The minimum Gasteiger partial charge on any atom is -0.377 e. The van der Waals surface area contributed by atoms with Crippen molar-refractivity contribution >= 4 is 0 Å². The van der Waals surface area contributed by atoms with Crippen LogP contribution in [0.5, 0.6) is 0 Å². The summed E-state index contributed by atoms with van der Waals surface area (Å²) in [7, 11) is 1.69. The molecule has 0 fully saturated rings. The van der Waals surface area contributed by atoms with Crippen molar-refractivity contribution < 1.29 is 4.74 Å². The van der Waals surface area contributed by atoms with Crippen LogP contribution in [0.4, 0.5) is 0 Å². The lowest BCUT2D eigenvalue weighted by Crippen LogP contribution is -2.41. The lowest BCUT2D eigenvalue weighted by molar-refractivity contribution is 0.177. The fourth-order valence-electron chi connectivity index (χ4n) is 3.75. The highest BCUT2D eigenvalue weighted by Crippen LogP contribution is 2.29. The third kappa shape index (κ3) is 3.41. The Morgan fingerprint density at radius 2 is 2.27 bits per heavy atom. The Kier molecular flexibility index (Phi) is 4.93. The van der Waals surface area contributed by atoms with E-state index in [1.54, 1.807) is 12.7 Å². The Balaban J connectivity index is 1.56. The number of allylic oxidation sites excluding steroid dienone is 1. The van der Waals surface area contributed by atoms with Crippen molar-refractivity contribution in [3.8, 4) is 0 Å². The van der Waals surface area contributed by atoms with E-state index < -0.39 is 0 Å². The molecule has 5 nitrogen and oxygen atoms in total. The van der Waals surface area contributed by atoms with E-state index in [0.29, 0.717) is 18.6 Å². The van der Waals surface area contributed by atoms with Crippen molar-refractivity contribution in [1.29, 1.82) is 0 Å². The van der Waals surface area contributed by atoms with Crippen LogP contribution in [0.2, 0.25) is 0 Å². The van der Waals surface area contributed by atoms with Gasteiger partial charge in [0.25, 0.3) is 0 Å². The van der Waals surface area contributed by atoms with Crippen LogP contribution in [0.3, 0.4) is 0 Å². The van der Waals surface area contributed by atoms with Crippen molar-refractivity contribution in [3.05, 3.63) is 23.3 Å². The molecule has 0 saturated carbocycles. The average Bonchev–Trinajstić information content (AvgIpc) is 2.88. The van der Waals surface area contributed by atoms with E-state index in [-0.39, 0.29) is 0 Å². The molecule has 1 aromatic heterocycles. The standard InChI is InChI=1S/C17H28N4O/c1-12-5-4-6-13(2)15(12)9-18-14-7-8-17-19-16(11-22-3)20-21(17)10-14/h5,13-15,18H,4,6-11H2,1-3H3/t13-,14+,15-/m0/s1. The zero-order valence-corrected chi connectivity index (χ0v) is 14.0. The van der Waals surface area contributed by atoms with Crippen LogP contribution in [0, 0.1) is 11.8 Å². The van der Waals surface area contributed by atoms with Crippen LogP contribution in [0.15, 0.2) is 11.6 Å². The number of ether oxygens (including phenoxy) is 1. The topological polar surface area (TPSA) is 52.0 Å². The van der Waals surface area contributed by atoms with Gasteiger partial charge in [0.2, 0.25) is 0 Å². The molecule has 0 radical (unpaired) electrons. The molecule has 1 aromatic rings. The Bertz CT molecular complexity index is 537. The number of nitrogens with zero attached hydrogens (tertiary/aromatic N) is 3. The second-order valence-corrected chi connectivity index (χ2v) is 6.81. The normalized spacial score (nSPS) is 28.3. The predicted molar refractivity (Wildman–Crippen MR) is 86.5 cm³/mol. The van der Waals surface area contributed by atoms with Crippen LogP contribution >= 0.6 is 0 Å². The molecular formula is C17H28N4O. The molecule has 0 amide bonds. The second kappa shape index (κ2) is 6.92. The quantitative estimate of drug-likeness (QED) is 0.848. The number of hydrogen-bond donors (Lipinski definition) is 1. The summed E-state index contributed by atoms with van der Waals surface area (Å²) in [6, 6.07) is 0.506. The lowest BCUT2D eigenvalue weighted by atomic mass is 9.80. The highest BCUT2D eigenvalue weighted by molar-refractivity contribution is 5.09. The molecule has 22 heavy (non-hydrogen) atoms. The third-order valence-corrected chi connectivity index (χ3v) is 5.16. The van der Waals surface area contributed by atoms with E-state index in [1.165, 1.54) is 12.8 Å². The second-order valence-electron chi connectivity index (χ2n) is 6.81. The molecule has 0 saturated heterocycles. The lowest BCUT2D eigenvalue weighted by Gasteiger charge is -2.32. The van der Waals surface area contributed by atoms with Gasteiger partial charge in [-0.25, -0.2) is 9.67 Å². The van der Waals surface area contributed by atoms with Gasteiger partial charge in [-0.05, 0) is 38.0 Å². The van der Waals surface area contributed by atoms with Crippen LogP contribution in [0.25, 0.3) is 0 Å². The summed E-state index contributed by atoms with van der Waals surface area (Å²) in [5.41, 5.74) is 1.56. The number of nitrogens with one attached hydrogen (secondary N) is 1. The molecular weight excluding hydrogens is 276 g/mol. The molecule has 1 aliphatic carbocycles. The number of hydrogen-bond acceptors (Lipinski definition) is 4. The molecule has 3 rings (SSSR count). The summed E-state index contributed by atoms with van der Waals surface area (Å²) >= 11 is 0. The summed E-state index contributed by atoms with van der Waals surface area (Å²) in [4.78, 5) is 4.54. The van der Waals surface area contributed by atoms with Gasteiger partial charge in [-0.1, -0.05) is 18.6 Å². The maximum absolute atomic E-state index is 5.12. The molecule has 122 valence electrons. The molecule has 1 N–H and O–H groups in total. The van der Waals surface area contributed by atoms with E-state index in [9.17, 15) is 0 Å². The van der Waals surface area contributed by atoms with E-state index in [4.69, 9.17) is 4.74 Å². The van der Waals surface area contributed by atoms with Crippen LogP contribution in [0.1, 0.15) is 44.8 Å². The van der Waals surface area contributed by atoms with Crippen molar-refractivity contribution in [2.24, 2.45) is 11.8 Å². The van der Waals surface area contributed by atoms with Crippen LogP contribution in [-0.4, -0.2) is 34.5 Å². The minimum atomic E-state index is 0.502. The largest absolute Gasteiger partial charge is 0.377 e. The summed E-state index contributed by atoms with van der Waals surface area (Å²) in [6.07, 6.45) is 7.14. The first-order valence-corrected chi connectivity index (χ1v) is 8.49. The van der Waals surface area contributed by atoms with Crippen LogP contribution < -0.4 is 5.32 Å². The molecule has 2 heterocycles. The number of methoxy groups -OCH3 is 1. The molecule has 0 spiro atoms. The van der Waals surface area contributed by atoms with Crippen molar-refractivity contribution in [3.63, 3.8) is 0 Å². The Hall–Kier alpha value is -1.20. The highest BCUT2D eigenvalue weighted by Gasteiger charge is 2.25. The first-order chi connectivity index (χ1) is 10.7. The third-order valence-electron chi connectivity index (χ3n) is 5.16. The zero-order chi connectivity index (χ0) is 15.5. The first-order valence-electron chi connectivity index (χ1n) is 8.49. The minimum absolute atomic E-state index is 0.502. The van der Waals surface area contributed by atoms with E-state index in [1.807, 2.05) is 0 Å². The average molecular weight is 304 g/mol. The van der Waals surface area contributed by atoms with E-state index in [0.717, 1.165) is 43.5 Å². The zero-order valence-electron chi connectivity index (χ0n) is 14.0. The Morgan fingerprint density at radius 3 is 3.05 bits per heavy atom. The fraction of sp³-hybridized carbons (Fsp3) is 0.765. The molecule has 2 aliphatic rings. The van der Waals surface area contributed by atoms with E-state index >= 15 is 0 Å². The van der Waals surface area contributed by atoms with Gasteiger partial charge in [0.1, 0.15) is 12.4 Å². The van der Waals surface area contributed by atoms with Crippen LogP contribution in [-0.2, 0) is 24.3 Å². The van der Waals surface area contributed by atoms with Gasteiger partial charge >= 0.3 is 0 Å². The molecule has 5 heteroatoms. The van der Waals surface area contributed by atoms with Gasteiger partial charge in [0.05, 0.1) is 6.54 Å². The fourth-order valence-corrected chi connectivity index (χ4v) is 3.75. The Labute approximate surface area is 133 Å². The van der Waals surface area contributed by atoms with Crippen molar-refractivity contribution in [2.75, 3.05) is 13.7 Å². The number of aryl methyl sites for hydroxylation is 1. The number of aromatic nitrogens is 3. The maximum Gasteiger partial charge on any atom is 0.176 e. The number of fused-ring (bicyclic) bond motifs is 1. The van der Waals surface area contributed by atoms with Gasteiger partial charge in [-0.15, -0.1) is 0 Å². The molecule has 0 unspecified atom stereocenters. The summed E-state index contributed by atoms with van der Waals surface area (Å²) in [5.74, 6) is 3.39. The van der Waals surface area contributed by atoms with Gasteiger partial charge in [0, 0.05) is 26.1 Å². The monoisotopic (exact) mass is 304 g/mol. The van der Waals surface area contributed by atoms with Gasteiger partial charge in [0.15, 0.2) is 5.82 Å². The smallest absolute Gasteiger partial charge is 0.176 e. The first kappa shape index (κ1) is 15.7. The Morgan fingerprint density at radius 1 is 1.41 bits per heavy atom. The molecule has 0 aromatic carbocycles.